The fourth-order valence-electron chi connectivity index (χ4n) is 2.59. The SMILES string of the molecule is CC1=CCO[C@]12C(=O)N(C)c1ccccc12. The van der Waals surface area contributed by atoms with Crippen LogP contribution in [0.1, 0.15) is 12.5 Å². The number of likely N-dealkylation sites (N-methyl/N-ethyl adjacent to an activating group) is 1. The Hall–Kier alpha value is -1.61. The Morgan fingerprint density at radius 2 is 2.12 bits per heavy atom. The summed E-state index contributed by atoms with van der Waals surface area (Å²) in [5, 5.41) is 0. The van der Waals surface area contributed by atoms with E-state index in [0.29, 0.717) is 6.61 Å². The van der Waals surface area contributed by atoms with Gasteiger partial charge in [0, 0.05) is 12.6 Å². The molecule has 1 aromatic carbocycles. The summed E-state index contributed by atoms with van der Waals surface area (Å²) in [5.74, 6) is 0.0138. The van der Waals surface area contributed by atoms with Gasteiger partial charge in [0.05, 0.1) is 12.3 Å². The largest absolute Gasteiger partial charge is 0.352 e. The molecular weight excluding hydrogens is 202 g/mol. The molecule has 1 amide bonds. The molecule has 0 saturated heterocycles. The Bertz CT molecular complexity index is 506. The maximum atomic E-state index is 12.4. The summed E-state index contributed by atoms with van der Waals surface area (Å²) >= 11 is 0. The van der Waals surface area contributed by atoms with Gasteiger partial charge >= 0.3 is 0 Å². The van der Waals surface area contributed by atoms with Crippen LogP contribution in [-0.4, -0.2) is 19.6 Å². The summed E-state index contributed by atoms with van der Waals surface area (Å²) in [4.78, 5) is 14.0. The lowest BCUT2D eigenvalue weighted by molar-refractivity contribution is -0.135. The van der Waals surface area contributed by atoms with Crippen molar-refractivity contribution >= 4 is 11.6 Å². The van der Waals surface area contributed by atoms with Crippen LogP contribution in [0.25, 0.3) is 0 Å². The van der Waals surface area contributed by atoms with E-state index in [-0.39, 0.29) is 5.91 Å². The molecule has 0 fully saturated rings. The van der Waals surface area contributed by atoms with Crippen LogP contribution in [0, 0.1) is 0 Å². The van der Waals surface area contributed by atoms with Crippen molar-refractivity contribution in [2.75, 3.05) is 18.6 Å². The topological polar surface area (TPSA) is 29.5 Å². The molecule has 0 aromatic heterocycles. The second-order valence-corrected chi connectivity index (χ2v) is 4.26. The van der Waals surface area contributed by atoms with Crippen LogP contribution in [0.15, 0.2) is 35.9 Å². The number of rotatable bonds is 0. The molecule has 1 aromatic rings. The predicted molar refractivity (Wildman–Crippen MR) is 61.2 cm³/mol. The molecule has 0 radical (unpaired) electrons. The van der Waals surface area contributed by atoms with E-state index in [1.54, 1.807) is 11.9 Å². The summed E-state index contributed by atoms with van der Waals surface area (Å²) in [6.45, 7) is 2.47. The van der Waals surface area contributed by atoms with Crippen molar-refractivity contribution in [3.05, 3.63) is 41.5 Å². The minimum atomic E-state index is -0.842. The van der Waals surface area contributed by atoms with Gasteiger partial charge in [-0.05, 0) is 18.6 Å². The molecule has 1 atom stereocenters. The lowest BCUT2D eigenvalue weighted by Gasteiger charge is -2.24. The maximum absolute atomic E-state index is 12.4. The third-order valence-corrected chi connectivity index (χ3v) is 3.50. The zero-order chi connectivity index (χ0) is 11.3. The number of anilines is 1. The van der Waals surface area contributed by atoms with E-state index >= 15 is 0 Å². The lowest BCUT2D eigenvalue weighted by Crippen LogP contribution is -2.39. The van der Waals surface area contributed by atoms with Gasteiger partial charge in [-0.2, -0.15) is 0 Å². The van der Waals surface area contributed by atoms with Gasteiger partial charge in [-0.25, -0.2) is 0 Å². The fourth-order valence-corrected chi connectivity index (χ4v) is 2.59. The minimum absolute atomic E-state index is 0.0138. The summed E-state index contributed by atoms with van der Waals surface area (Å²) in [6, 6.07) is 7.81. The average Bonchev–Trinajstić information content (AvgIpc) is 2.78. The number of amides is 1. The molecule has 3 nitrogen and oxygen atoms in total. The second-order valence-electron chi connectivity index (χ2n) is 4.26. The fraction of sp³-hybridized carbons (Fsp3) is 0.308. The van der Waals surface area contributed by atoms with Gasteiger partial charge in [-0.1, -0.05) is 24.3 Å². The van der Waals surface area contributed by atoms with Crippen molar-refractivity contribution in [2.45, 2.75) is 12.5 Å². The Morgan fingerprint density at radius 3 is 2.81 bits per heavy atom. The van der Waals surface area contributed by atoms with Gasteiger partial charge in [0.1, 0.15) is 0 Å². The summed E-state index contributed by atoms with van der Waals surface area (Å²) < 4.78 is 5.74. The first kappa shape index (κ1) is 9.60. The zero-order valence-electron chi connectivity index (χ0n) is 9.36. The molecule has 82 valence electrons. The monoisotopic (exact) mass is 215 g/mol. The van der Waals surface area contributed by atoms with Crippen molar-refractivity contribution < 1.29 is 9.53 Å². The standard InChI is InChI=1S/C13H13NO2/c1-9-7-8-16-13(9)10-5-3-4-6-11(10)14(2)12(13)15/h3-7H,8H2,1-2H3/t13-/m1/s1. The number of fused-ring (bicyclic) bond motifs is 2. The second kappa shape index (κ2) is 2.95. The number of carbonyl (C=O) groups is 1. The van der Waals surface area contributed by atoms with Crippen molar-refractivity contribution in [1.82, 2.24) is 0 Å². The Kier molecular flexibility index (Phi) is 1.77. The van der Waals surface area contributed by atoms with E-state index in [4.69, 9.17) is 4.74 Å². The highest BCUT2D eigenvalue weighted by molar-refractivity contribution is 6.09. The molecule has 0 saturated carbocycles. The molecule has 2 aliphatic rings. The quantitative estimate of drug-likeness (QED) is 0.618. The number of ether oxygens (including phenoxy) is 1. The highest BCUT2D eigenvalue weighted by Gasteiger charge is 2.53. The van der Waals surface area contributed by atoms with Crippen LogP contribution in [-0.2, 0) is 15.1 Å². The summed E-state index contributed by atoms with van der Waals surface area (Å²) in [7, 11) is 1.80. The van der Waals surface area contributed by atoms with E-state index in [1.165, 1.54) is 0 Å². The third kappa shape index (κ3) is 0.895. The van der Waals surface area contributed by atoms with Crippen LogP contribution < -0.4 is 4.90 Å². The van der Waals surface area contributed by atoms with Crippen molar-refractivity contribution in [2.24, 2.45) is 0 Å². The number of hydrogen-bond acceptors (Lipinski definition) is 2. The highest BCUT2D eigenvalue weighted by atomic mass is 16.5. The average molecular weight is 215 g/mol. The Morgan fingerprint density at radius 1 is 1.38 bits per heavy atom. The number of para-hydroxylation sites is 1. The van der Waals surface area contributed by atoms with E-state index in [0.717, 1.165) is 16.8 Å². The first-order valence-corrected chi connectivity index (χ1v) is 5.37. The molecule has 0 bridgehead atoms. The molecule has 16 heavy (non-hydrogen) atoms. The molecular formula is C13H13NO2. The van der Waals surface area contributed by atoms with Crippen LogP contribution >= 0.6 is 0 Å². The van der Waals surface area contributed by atoms with Crippen molar-refractivity contribution in [3.8, 4) is 0 Å². The zero-order valence-corrected chi connectivity index (χ0v) is 9.36. The molecule has 3 heteroatoms. The van der Waals surface area contributed by atoms with Crippen molar-refractivity contribution in [1.29, 1.82) is 0 Å². The van der Waals surface area contributed by atoms with E-state index in [2.05, 4.69) is 0 Å². The summed E-state index contributed by atoms with van der Waals surface area (Å²) in [5.41, 5.74) is 2.07. The molecule has 0 N–H and O–H groups in total. The summed E-state index contributed by atoms with van der Waals surface area (Å²) in [6.07, 6.45) is 1.98. The number of nitrogens with zero attached hydrogens (tertiary/aromatic N) is 1. The molecule has 2 aliphatic heterocycles. The normalized spacial score (nSPS) is 27.5. The first-order chi connectivity index (χ1) is 7.68. The van der Waals surface area contributed by atoms with E-state index < -0.39 is 5.60 Å². The third-order valence-electron chi connectivity index (χ3n) is 3.50. The smallest absolute Gasteiger partial charge is 0.268 e. The number of carbonyl (C=O) groups excluding carboxylic acids is 1. The first-order valence-electron chi connectivity index (χ1n) is 5.37. The highest BCUT2D eigenvalue weighted by Crippen LogP contribution is 2.48. The predicted octanol–water partition coefficient (Wildman–Crippen LogP) is 1.83. The van der Waals surface area contributed by atoms with Crippen LogP contribution in [0.4, 0.5) is 5.69 Å². The van der Waals surface area contributed by atoms with Crippen molar-refractivity contribution in [3.63, 3.8) is 0 Å². The van der Waals surface area contributed by atoms with Crippen LogP contribution in [0.2, 0.25) is 0 Å². The van der Waals surface area contributed by atoms with Gasteiger partial charge in [0.2, 0.25) is 0 Å². The molecule has 2 heterocycles. The van der Waals surface area contributed by atoms with Gasteiger partial charge in [0.25, 0.3) is 5.91 Å². The Labute approximate surface area is 94.3 Å². The van der Waals surface area contributed by atoms with Gasteiger partial charge in [-0.15, -0.1) is 0 Å². The molecule has 3 rings (SSSR count). The van der Waals surface area contributed by atoms with E-state index in [1.807, 2.05) is 37.3 Å². The number of hydrogen-bond donors (Lipinski definition) is 0. The van der Waals surface area contributed by atoms with Gasteiger partial charge in [0.15, 0.2) is 5.60 Å². The molecule has 0 aliphatic carbocycles. The number of benzene rings is 1. The van der Waals surface area contributed by atoms with Gasteiger partial charge in [-0.3, -0.25) is 4.79 Å². The van der Waals surface area contributed by atoms with Gasteiger partial charge < -0.3 is 9.64 Å². The minimum Gasteiger partial charge on any atom is -0.352 e. The van der Waals surface area contributed by atoms with Crippen LogP contribution in [0.3, 0.4) is 0 Å². The van der Waals surface area contributed by atoms with E-state index in [9.17, 15) is 4.79 Å². The Balaban J connectivity index is 2.29. The molecule has 0 unspecified atom stereocenters. The maximum Gasteiger partial charge on any atom is 0.268 e. The lowest BCUT2D eigenvalue weighted by atomic mass is 9.89. The van der Waals surface area contributed by atoms with Crippen LogP contribution in [0.5, 0.6) is 0 Å². The molecule has 1 spiro atoms.